The Bertz CT molecular complexity index is 1030. The first kappa shape index (κ1) is 23.5. The van der Waals surface area contributed by atoms with Gasteiger partial charge >= 0.3 is 11.9 Å². The Kier molecular flexibility index (Phi) is 7.00. The van der Waals surface area contributed by atoms with Crippen molar-refractivity contribution in [2.45, 2.75) is 38.6 Å². The van der Waals surface area contributed by atoms with Crippen LogP contribution in [0.5, 0.6) is 5.75 Å². The highest BCUT2D eigenvalue weighted by molar-refractivity contribution is 6.06. The van der Waals surface area contributed by atoms with E-state index in [9.17, 15) is 19.5 Å². The van der Waals surface area contributed by atoms with Gasteiger partial charge in [0.15, 0.2) is 6.61 Å². The number of hydrogen-bond acceptors (Lipinski definition) is 8. The van der Waals surface area contributed by atoms with Gasteiger partial charge in [-0.15, -0.1) is 0 Å². The van der Waals surface area contributed by atoms with Crippen molar-refractivity contribution in [1.29, 1.82) is 0 Å². The maximum absolute atomic E-state index is 13.1. The van der Waals surface area contributed by atoms with E-state index in [0.717, 1.165) is 10.9 Å². The van der Waals surface area contributed by atoms with Crippen LogP contribution in [-0.4, -0.2) is 67.6 Å². The number of hydrogen-bond donors (Lipinski definition) is 2. The second kappa shape index (κ2) is 9.54. The number of benzene rings is 2. The van der Waals surface area contributed by atoms with Gasteiger partial charge in [0.2, 0.25) is 6.10 Å². The standard InChI is InChI=1S/C23H27NO8/c1-13-6-5-7-16-17(13)8-15(29-4)9-18(16)21(27)32-20(23(3)12-31-23)22(28)30-11-19(26)24-10-14(2)25/h5-9,14,20,25H,10-12H2,1-4H3,(H,24,26)/t14-,20-,23-/m1/s1. The van der Waals surface area contributed by atoms with E-state index in [1.54, 1.807) is 19.1 Å². The molecule has 1 aliphatic heterocycles. The monoisotopic (exact) mass is 445 g/mol. The molecule has 1 saturated heterocycles. The first-order valence-corrected chi connectivity index (χ1v) is 10.2. The van der Waals surface area contributed by atoms with Gasteiger partial charge in [-0.1, -0.05) is 18.2 Å². The number of ether oxygens (including phenoxy) is 4. The number of epoxide rings is 1. The fraction of sp³-hybridized carbons (Fsp3) is 0.435. The molecular weight excluding hydrogens is 418 g/mol. The quantitative estimate of drug-likeness (QED) is 0.440. The molecule has 9 heteroatoms. The van der Waals surface area contributed by atoms with Crippen LogP contribution in [0.1, 0.15) is 29.8 Å². The van der Waals surface area contributed by atoms with Crippen molar-refractivity contribution in [3.05, 3.63) is 41.5 Å². The van der Waals surface area contributed by atoms with E-state index in [2.05, 4.69) is 5.32 Å². The molecule has 0 aliphatic carbocycles. The maximum atomic E-state index is 13.1. The molecule has 32 heavy (non-hydrogen) atoms. The average molecular weight is 445 g/mol. The largest absolute Gasteiger partial charge is 0.497 e. The summed E-state index contributed by atoms with van der Waals surface area (Å²) in [5.74, 6) is -1.74. The van der Waals surface area contributed by atoms with E-state index in [-0.39, 0.29) is 18.7 Å². The number of amides is 1. The summed E-state index contributed by atoms with van der Waals surface area (Å²) in [5.41, 5.74) is 0.153. The lowest BCUT2D eigenvalue weighted by Gasteiger charge is -2.21. The summed E-state index contributed by atoms with van der Waals surface area (Å²) >= 11 is 0. The van der Waals surface area contributed by atoms with Crippen LogP contribution in [0.2, 0.25) is 0 Å². The predicted octanol–water partition coefficient (Wildman–Crippen LogP) is 1.51. The predicted molar refractivity (Wildman–Crippen MR) is 114 cm³/mol. The zero-order valence-corrected chi connectivity index (χ0v) is 18.5. The number of carbonyl (C=O) groups is 3. The zero-order chi connectivity index (χ0) is 23.5. The van der Waals surface area contributed by atoms with Gasteiger partial charge in [0.05, 0.1) is 25.4 Å². The lowest BCUT2D eigenvalue weighted by Crippen LogP contribution is -2.42. The van der Waals surface area contributed by atoms with Crippen molar-refractivity contribution in [3.8, 4) is 5.75 Å². The van der Waals surface area contributed by atoms with Gasteiger partial charge in [0.1, 0.15) is 11.4 Å². The van der Waals surface area contributed by atoms with Crippen molar-refractivity contribution in [2.75, 3.05) is 26.9 Å². The molecular formula is C23H27NO8. The zero-order valence-electron chi connectivity index (χ0n) is 18.5. The van der Waals surface area contributed by atoms with Gasteiger partial charge in [-0.05, 0) is 49.2 Å². The van der Waals surface area contributed by atoms with Crippen LogP contribution in [0.15, 0.2) is 30.3 Å². The first-order valence-electron chi connectivity index (χ1n) is 10.2. The van der Waals surface area contributed by atoms with Gasteiger partial charge in [-0.2, -0.15) is 0 Å². The second-order valence-corrected chi connectivity index (χ2v) is 7.99. The Balaban J connectivity index is 1.78. The topological polar surface area (TPSA) is 124 Å². The summed E-state index contributed by atoms with van der Waals surface area (Å²) in [7, 11) is 1.50. The molecule has 0 aromatic heterocycles. The third-order valence-corrected chi connectivity index (χ3v) is 5.18. The number of aryl methyl sites for hydroxylation is 1. The molecule has 0 saturated carbocycles. The number of aliphatic hydroxyl groups excluding tert-OH is 1. The number of esters is 2. The summed E-state index contributed by atoms with van der Waals surface area (Å²) in [4.78, 5) is 37.5. The minimum Gasteiger partial charge on any atom is -0.497 e. The molecule has 172 valence electrons. The van der Waals surface area contributed by atoms with E-state index in [4.69, 9.17) is 18.9 Å². The normalized spacial score (nSPS) is 19.0. The number of rotatable bonds is 9. The summed E-state index contributed by atoms with van der Waals surface area (Å²) in [6, 6.07) is 8.90. The van der Waals surface area contributed by atoms with Crippen LogP contribution in [0, 0.1) is 6.92 Å². The Morgan fingerprint density at radius 1 is 1.25 bits per heavy atom. The summed E-state index contributed by atoms with van der Waals surface area (Å²) < 4.78 is 21.2. The first-order chi connectivity index (χ1) is 15.1. The van der Waals surface area contributed by atoms with E-state index in [1.165, 1.54) is 14.0 Å². The summed E-state index contributed by atoms with van der Waals surface area (Å²) in [5, 5.41) is 13.1. The third-order valence-electron chi connectivity index (χ3n) is 5.18. The Hall–Kier alpha value is -3.17. The van der Waals surface area contributed by atoms with Crippen LogP contribution >= 0.6 is 0 Å². The number of aliphatic hydroxyl groups is 1. The molecule has 1 aliphatic rings. The number of nitrogens with one attached hydrogen (secondary N) is 1. The molecule has 1 amide bonds. The van der Waals surface area contributed by atoms with Crippen molar-refractivity contribution in [1.82, 2.24) is 5.32 Å². The smallest absolute Gasteiger partial charge is 0.351 e. The minimum absolute atomic E-state index is 0.0257. The highest BCUT2D eigenvalue weighted by Gasteiger charge is 2.54. The molecule has 2 N–H and O–H groups in total. The Morgan fingerprint density at radius 2 is 1.97 bits per heavy atom. The van der Waals surface area contributed by atoms with Crippen LogP contribution in [0.4, 0.5) is 0 Å². The van der Waals surface area contributed by atoms with Gasteiger partial charge in [0, 0.05) is 6.54 Å². The Morgan fingerprint density at radius 3 is 2.59 bits per heavy atom. The molecule has 2 aromatic rings. The second-order valence-electron chi connectivity index (χ2n) is 7.99. The van der Waals surface area contributed by atoms with Crippen LogP contribution < -0.4 is 10.1 Å². The van der Waals surface area contributed by atoms with E-state index in [0.29, 0.717) is 11.1 Å². The van der Waals surface area contributed by atoms with E-state index < -0.39 is 42.3 Å². The average Bonchev–Trinajstić information content (AvgIpc) is 3.51. The molecule has 3 rings (SSSR count). The minimum atomic E-state index is -1.36. The lowest BCUT2D eigenvalue weighted by atomic mass is 10.00. The SMILES string of the molecule is COc1cc(C(=O)O[C@H](C(=O)OCC(=O)NC[C@@H](C)O)[C@@]2(C)CO2)c2cccc(C)c2c1. The maximum Gasteiger partial charge on any atom is 0.351 e. The van der Waals surface area contributed by atoms with Gasteiger partial charge in [-0.25, -0.2) is 9.59 Å². The van der Waals surface area contributed by atoms with Crippen molar-refractivity contribution >= 4 is 28.6 Å². The number of carbonyl (C=O) groups excluding carboxylic acids is 3. The molecule has 0 unspecified atom stereocenters. The van der Waals surface area contributed by atoms with Crippen molar-refractivity contribution < 1.29 is 38.4 Å². The molecule has 0 radical (unpaired) electrons. The van der Waals surface area contributed by atoms with Gasteiger partial charge in [-0.3, -0.25) is 4.79 Å². The molecule has 0 bridgehead atoms. The fourth-order valence-electron chi connectivity index (χ4n) is 3.18. The third kappa shape index (κ3) is 5.35. The van der Waals surface area contributed by atoms with Crippen LogP contribution in [0.25, 0.3) is 10.8 Å². The summed E-state index contributed by atoms with van der Waals surface area (Å²) in [6.07, 6.45) is -2.09. The molecule has 3 atom stereocenters. The van der Waals surface area contributed by atoms with Crippen LogP contribution in [0.3, 0.4) is 0 Å². The number of methoxy groups -OCH3 is 1. The van der Waals surface area contributed by atoms with E-state index in [1.807, 2.05) is 25.1 Å². The number of fused-ring (bicyclic) bond motifs is 1. The molecule has 2 aromatic carbocycles. The highest BCUT2D eigenvalue weighted by Crippen LogP contribution is 2.35. The lowest BCUT2D eigenvalue weighted by molar-refractivity contribution is -0.160. The van der Waals surface area contributed by atoms with Gasteiger partial charge in [0.25, 0.3) is 5.91 Å². The highest BCUT2D eigenvalue weighted by atomic mass is 16.7. The molecule has 1 heterocycles. The molecule has 0 spiro atoms. The van der Waals surface area contributed by atoms with Crippen molar-refractivity contribution in [3.63, 3.8) is 0 Å². The fourth-order valence-corrected chi connectivity index (χ4v) is 3.18. The molecule has 1 fully saturated rings. The van der Waals surface area contributed by atoms with E-state index >= 15 is 0 Å². The van der Waals surface area contributed by atoms with Crippen molar-refractivity contribution in [2.24, 2.45) is 0 Å². The Labute approximate surface area is 185 Å². The summed E-state index contributed by atoms with van der Waals surface area (Å²) in [6.45, 7) is 4.70. The van der Waals surface area contributed by atoms with Gasteiger partial charge < -0.3 is 29.4 Å². The molecule has 9 nitrogen and oxygen atoms in total. The van der Waals surface area contributed by atoms with Crippen LogP contribution in [-0.2, 0) is 23.8 Å².